The molecule has 0 amide bonds. The number of halogens is 2. The first-order chi connectivity index (χ1) is 56.9. The fourth-order valence-corrected chi connectivity index (χ4v) is 15.9. The van der Waals surface area contributed by atoms with Gasteiger partial charge >= 0.3 is 0 Å². The predicted molar refractivity (Wildman–Crippen MR) is 473 cm³/mol. The van der Waals surface area contributed by atoms with Gasteiger partial charge in [-0.05, 0) is 159 Å². The van der Waals surface area contributed by atoms with Crippen LogP contribution in [-0.4, -0.2) is 52.5 Å². The molecular weight excluding hydrogens is 2210 g/mol. The molecule has 0 N–H and O–H groups in total. The van der Waals surface area contributed by atoms with Crippen molar-refractivity contribution >= 4 is 38.0 Å². The molecule has 5 heterocycles. The van der Waals surface area contributed by atoms with E-state index in [-0.39, 0.29) is 86.0 Å². The van der Waals surface area contributed by atoms with Gasteiger partial charge in [-0.3, -0.25) is 28.2 Å². The average Bonchev–Trinajstić information content (AvgIpc) is 1.59. The summed E-state index contributed by atoms with van der Waals surface area (Å²) in [5, 5.41) is 10.1. The Morgan fingerprint density at radius 2 is 0.959 bits per heavy atom. The van der Waals surface area contributed by atoms with Crippen LogP contribution in [0.3, 0.4) is 0 Å². The van der Waals surface area contributed by atoms with E-state index in [4.69, 9.17) is 24.4 Å². The number of aryl methyl sites for hydroxylation is 9. The van der Waals surface area contributed by atoms with Crippen LogP contribution in [0, 0.1) is 98.2 Å². The third kappa shape index (κ3) is 18.9. The Balaban J connectivity index is 0.000000148. The average molecular weight is 2300 g/mol. The monoisotopic (exact) mass is 2300 g/mol. The van der Waals surface area contributed by atoms with Crippen molar-refractivity contribution in [3.63, 3.8) is 0 Å². The number of pyridine rings is 1. The number of aromatic nitrogens is 8. The maximum Gasteiger partial charge on any atom is 0.110 e. The molecule has 0 aliphatic heterocycles. The summed E-state index contributed by atoms with van der Waals surface area (Å²) in [5.41, 5.74) is 28.1. The Labute approximate surface area is 759 Å². The number of benzene rings is 14. The van der Waals surface area contributed by atoms with Crippen molar-refractivity contribution in [3.8, 4) is 119 Å². The van der Waals surface area contributed by atoms with Gasteiger partial charge in [0.15, 0.2) is 0 Å². The molecule has 0 spiro atoms. The largest absolute Gasteiger partial charge is 0.540 e. The van der Waals surface area contributed by atoms with Crippen molar-refractivity contribution in [2.45, 2.75) is 62.3 Å². The van der Waals surface area contributed by atoms with Crippen LogP contribution < -0.4 is 9.47 Å². The van der Waals surface area contributed by atoms with Crippen LogP contribution in [-0.2, 0) is 80.4 Å². The third-order valence-electron chi connectivity index (χ3n) is 21.1. The zero-order chi connectivity index (χ0) is 81.0. The number of fused-ring (bicyclic) bond motifs is 5. The van der Waals surface area contributed by atoms with Gasteiger partial charge in [-0.1, -0.05) is 233 Å². The molecule has 0 bridgehead atoms. The van der Waals surface area contributed by atoms with Crippen molar-refractivity contribution < 1.29 is 98.7 Å². The quantitative estimate of drug-likeness (QED) is 0.107. The van der Waals surface area contributed by atoms with Gasteiger partial charge in [0, 0.05) is 150 Å². The van der Waals surface area contributed by atoms with Gasteiger partial charge in [-0.25, -0.2) is 0 Å². The normalized spacial score (nSPS) is 10.8. The zero-order valence-electron chi connectivity index (χ0n) is 68.4. The van der Waals surface area contributed by atoms with Crippen LogP contribution in [0.2, 0.25) is 0 Å². The van der Waals surface area contributed by atoms with Crippen LogP contribution in [0.1, 0.15) is 50.1 Å². The standard InChI is InChI=1S/C31H27N2.C28H21F2N2.C28H23N2O.C18H13N2O.4Ir/c1-21-12-11-17-27(20-21)28-30(25-13-7-5-8-14-25)33(29-23(3)18-22(2)19-24(29)4)31(32-28)26-15-9-6-10-16-26;1-17-13-18(2)27(19(3)14-17)32-16-26(23-10-6-8-20-7-4-5-9-22(20)23)31-28(32)24-12-11-21(29)15-25(24)30;1-19-7-6-8-20(2)27(19)30-18-26(24-12-11-21-9-4-5-10-23(21)17-24)29-28(30)22-13-15-25(31-3)16-14-22;1-21-17-4-2-3-14(11-17)15-6-5-13-7-8-16-9-10-19-20(16)18(13)12-15;;;;/h5-15,17-20H,1-4H3;4-11,13-16H,1-3H3;4-13,15-18H,1-3H3;2-11H,1H3;;;;/q4*-1;;;;. The first-order valence-corrected chi connectivity index (χ1v) is 38.9. The molecule has 14 aromatic carbocycles. The first kappa shape index (κ1) is 88.5. The van der Waals surface area contributed by atoms with Gasteiger partial charge in [-0.15, -0.1) is 102 Å². The molecule has 0 atom stereocenters. The predicted octanol–water partition coefficient (Wildman–Crippen LogP) is 26.0. The van der Waals surface area contributed by atoms with E-state index in [1.165, 1.54) is 49.8 Å². The Bertz CT molecular complexity index is 6830. The summed E-state index contributed by atoms with van der Waals surface area (Å²) < 4.78 is 47.4. The molecule has 0 aliphatic carbocycles. The van der Waals surface area contributed by atoms with E-state index < -0.39 is 11.6 Å². The Kier molecular flexibility index (Phi) is 28.7. The van der Waals surface area contributed by atoms with Crippen molar-refractivity contribution in [2.24, 2.45) is 0 Å². The minimum Gasteiger partial charge on any atom is -0.540 e. The summed E-state index contributed by atoms with van der Waals surface area (Å²) in [5.74, 6) is 2.43. The van der Waals surface area contributed by atoms with E-state index in [9.17, 15) is 8.78 Å². The van der Waals surface area contributed by atoms with E-state index in [1.54, 1.807) is 20.4 Å². The number of para-hydroxylation sites is 1. The Hall–Kier alpha value is -11.8. The van der Waals surface area contributed by atoms with Crippen LogP contribution in [0.15, 0.2) is 310 Å². The van der Waals surface area contributed by atoms with Crippen molar-refractivity contribution in [2.75, 3.05) is 14.2 Å². The van der Waals surface area contributed by atoms with Crippen molar-refractivity contribution in [3.05, 3.63) is 396 Å². The van der Waals surface area contributed by atoms with E-state index >= 15 is 0 Å². The molecule has 19 aromatic rings. The van der Waals surface area contributed by atoms with Crippen molar-refractivity contribution in [1.29, 1.82) is 0 Å². The van der Waals surface area contributed by atoms with Gasteiger partial charge < -0.3 is 23.2 Å². The summed E-state index contributed by atoms with van der Waals surface area (Å²) in [7, 11) is 3.34. The number of hydrogen-bond donors (Lipinski definition) is 0. The fourth-order valence-electron chi connectivity index (χ4n) is 15.9. The van der Waals surface area contributed by atoms with E-state index in [2.05, 4.69) is 280 Å². The maximum atomic E-state index is 14.8. The number of imidazole rings is 3. The summed E-state index contributed by atoms with van der Waals surface area (Å²) in [6, 6.07) is 111. The maximum absolute atomic E-state index is 14.8. The molecule has 610 valence electrons. The SMILES string of the molecule is COc1c[c-]c(-c2nc(-c3ccc4ccccc4c3)cn2-c2c(C)cccc2C)cc1.COc1cccc(-c2[c-]c3c(cc2)ccc2ccnn23)c1.Cc1cc(C)c(-n2cc(-c3cccc4ccccc34)nc2-c2[c-]cc(F)cc2F)c(C)c1.Cc1cccc(-c2nc(-c3[c-]cccc3)n(-c3c(C)cc(C)cc3C)c2-c2ccccc2)c1.[Ir].[Ir].[Ir].[Ir]. The molecule has 0 fully saturated rings. The molecule has 0 saturated heterocycles. The van der Waals surface area contributed by atoms with Crippen LogP contribution in [0.25, 0.3) is 145 Å². The van der Waals surface area contributed by atoms with Gasteiger partial charge in [0.05, 0.1) is 60.0 Å². The summed E-state index contributed by atoms with van der Waals surface area (Å²) in [4.78, 5) is 15.2. The third-order valence-corrected chi connectivity index (χ3v) is 21.1. The van der Waals surface area contributed by atoms with E-state index in [1.807, 2.05) is 121 Å². The Morgan fingerprint density at radius 3 is 1.65 bits per heavy atom. The van der Waals surface area contributed by atoms with Crippen LogP contribution >= 0.6 is 0 Å². The van der Waals surface area contributed by atoms with Gasteiger partial charge in [0.2, 0.25) is 0 Å². The first-order valence-electron chi connectivity index (χ1n) is 38.9. The van der Waals surface area contributed by atoms with Crippen molar-refractivity contribution in [1.82, 2.24) is 38.3 Å². The zero-order valence-corrected chi connectivity index (χ0v) is 78.0. The summed E-state index contributed by atoms with van der Waals surface area (Å²) in [6.45, 7) is 19.0. The van der Waals surface area contributed by atoms with Crippen LogP contribution in [0.4, 0.5) is 8.78 Å². The Morgan fingerprint density at radius 1 is 0.372 bits per heavy atom. The number of methoxy groups -OCH3 is 2. The second kappa shape index (κ2) is 39.2. The fraction of sp³-hybridized carbons (Fsp3) is 0.105. The molecule has 0 aliphatic rings. The molecule has 10 nitrogen and oxygen atoms in total. The molecule has 0 unspecified atom stereocenters. The molecule has 4 radical (unpaired) electrons. The molecule has 19 rings (SSSR count). The van der Waals surface area contributed by atoms with Crippen LogP contribution in [0.5, 0.6) is 11.5 Å². The molecule has 16 heteroatoms. The number of ether oxygens (including phenoxy) is 2. The topological polar surface area (TPSA) is 89.2 Å². The van der Waals surface area contributed by atoms with E-state index in [0.717, 1.165) is 152 Å². The molecule has 5 aromatic heterocycles. The number of nitrogens with zero attached hydrogens (tertiary/aromatic N) is 8. The van der Waals surface area contributed by atoms with Gasteiger partial charge in [0.1, 0.15) is 5.75 Å². The minimum atomic E-state index is -0.691. The smallest absolute Gasteiger partial charge is 0.110 e. The molecular formula is C105H84F2Ir4N8O2-4. The minimum absolute atomic E-state index is 0. The van der Waals surface area contributed by atoms with Gasteiger partial charge in [-0.2, -0.15) is 5.10 Å². The second-order valence-corrected chi connectivity index (χ2v) is 29.5. The number of hydrogen-bond acceptors (Lipinski definition) is 6. The van der Waals surface area contributed by atoms with E-state index in [0.29, 0.717) is 11.5 Å². The van der Waals surface area contributed by atoms with Gasteiger partial charge in [0.25, 0.3) is 0 Å². The summed E-state index contributed by atoms with van der Waals surface area (Å²) >= 11 is 0. The second-order valence-electron chi connectivity index (χ2n) is 29.5. The molecule has 0 saturated carbocycles. The number of rotatable bonds is 13. The molecule has 121 heavy (non-hydrogen) atoms. The summed E-state index contributed by atoms with van der Waals surface area (Å²) in [6.07, 6.45) is 5.87.